The number of aryl methyl sites for hydroxylation is 1. The summed E-state index contributed by atoms with van der Waals surface area (Å²) in [6.45, 7) is 6.08. The Morgan fingerprint density at radius 1 is 1.29 bits per heavy atom. The summed E-state index contributed by atoms with van der Waals surface area (Å²) >= 11 is 0. The molecular weight excluding hydrogens is 286 g/mol. The Labute approximate surface area is 127 Å². The van der Waals surface area contributed by atoms with Crippen molar-refractivity contribution in [1.82, 2.24) is 14.2 Å². The number of sulfonamides is 1. The van der Waals surface area contributed by atoms with Crippen molar-refractivity contribution >= 4 is 10.0 Å². The molecule has 0 spiro atoms. The standard InChI is InChI=1S/C15H25N3O2S/c1-3-17-11-15(9-14(17)10-16-12-5-6-12)21(19,20)18(4-2)13-7-8-13/h9,11-13,16H,3-8,10H2,1-2H3. The largest absolute Gasteiger partial charge is 0.349 e. The Kier molecular flexibility index (Phi) is 4.12. The first-order valence-corrected chi connectivity index (χ1v) is 9.44. The van der Waals surface area contributed by atoms with Gasteiger partial charge in [-0.1, -0.05) is 6.92 Å². The summed E-state index contributed by atoms with van der Waals surface area (Å²) < 4.78 is 29.2. The summed E-state index contributed by atoms with van der Waals surface area (Å²) in [5, 5.41) is 3.46. The fraction of sp³-hybridized carbons (Fsp3) is 0.733. The van der Waals surface area contributed by atoms with Gasteiger partial charge >= 0.3 is 0 Å². The fourth-order valence-corrected chi connectivity index (χ4v) is 4.53. The van der Waals surface area contributed by atoms with Crippen molar-refractivity contribution < 1.29 is 8.42 Å². The van der Waals surface area contributed by atoms with Crippen molar-refractivity contribution in [1.29, 1.82) is 0 Å². The van der Waals surface area contributed by atoms with Crippen LogP contribution in [0.25, 0.3) is 0 Å². The second kappa shape index (κ2) is 5.74. The van der Waals surface area contributed by atoms with Crippen LogP contribution in [0.2, 0.25) is 0 Å². The molecule has 118 valence electrons. The second-order valence-electron chi connectivity index (χ2n) is 6.05. The topological polar surface area (TPSA) is 54.3 Å². The molecule has 0 amide bonds. The summed E-state index contributed by atoms with van der Waals surface area (Å²) in [7, 11) is -3.34. The Hall–Kier alpha value is -0.850. The summed E-state index contributed by atoms with van der Waals surface area (Å²) in [5.41, 5.74) is 1.06. The van der Waals surface area contributed by atoms with Crippen LogP contribution in [0, 0.1) is 0 Å². The van der Waals surface area contributed by atoms with Crippen LogP contribution >= 0.6 is 0 Å². The van der Waals surface area contributed by atoms with Gasteiger partial charge in [0.25, 0.3) is 0 Å². The molecule has 0 aromatic carbocycles. The molecule has 0 bridgehead atoms. The van der Waals surface area contributed by atoms with Gasteiger partial charge in [-0.05, 0) is 38.7 Å². The normalized spacial score (nSPS) is 19.4. The van der Waals surface area contributed by atoms with E-state index in [1.807, 2.05) is 17.6 Å². The molecule has 2 fully saturated rings. The molecule has 1 heterocycles. The van der Waals surface area contributed by atoms with Gasteiger partial charge in [-0.25, -0.2) is 8.42 Å². The zero-order chi connectivity index (χ0) is 15.0. The van der Waals surface area contributed by atoms with E-state index in [-0.39, 0.29) is 6.04 Å². The Balaban J connectivity index is 1.82. The second-order valence-corrected chi connectivity index (χ2v) is 7.94. The molecule has 0 atom stereocenters. The maximum atomic E-state index is 12.8. The van der Waals surface area contributed by atoms with E-state index in [1.54, 1.807) is 10.5 Å². The number of hydrogen-bond acceptors (Lipinski definition) is 3. The smallest absolute Gasteiger partial charge is 0.244 e. The Morgan fingerprint density at radius 2 is 2.00 bits per heavy atom. The van der Waals surface area contributed by atoms with E-state index in [9.17, 15) is 8.42 Å². The van der Waals surface area contributed by atoms with Crippen LogP contribution in [0.4, 0.5) is 0 Å². The van der Waals surface area contributed by atoms with Gasteiger partial charge < -0.3 is 9.88 Å². The predicted molar refractivity (Wildman–Crippen MR) is 82.6 cm³/mol. The summed E-state index contributed by atoms with van der Waals surface area (Å²) in [4.78, 5) is 0.450. The maximum Gasteiger partial charge on any atom is 0.244 e. The molecule has 1 aromatic rings. The molecule has 21 heavy (non-hydrogen) atoms. The molecule has 0 unspecified atom stereocenters. The van der Waals surface area contributed by atoms with Gasteiger partial charge in [-0.3, -0.25) is 0 Å². The molecule has 1 N–H and O–H groups in total. The quantitative estimate of drug-likeness (QED) is 0.798. The number of nitrogens with one attached hydrogen (secondary N) is 1. The lowest BCUT2D eigenvalue weighted by Crippen LogP contribution is -2.32. The first-order chi connectivity index (χ1) is 10.1. The number of nitrogens with zero attached hydrogens (tertiary/aromatic N) is 2. The van der Waals surface area contributed by atoms with E-state index in [1.165, 1.54) is 12.8 Å². The molecule has 2 saturated carbocycles. The third kappa shape index (κ3) is 3.17. The predicted octanol–water partition coefficient (Wildman–Crippen LogP) is 1.93. The monoisotopic (exact) mass is 311 g/mol. The first kappa shape index (κ1) is 15.1. The molecule has 2 aliphatic carbocycles. The molecule has 5 nitrogen and oxygen atoms in total. The van der Waals surface area contributed by atoms with Crippen LogP contribution in [-0.2, 0) is 23.1 Å². The molecule has 0 saturated heterocycles. The van der Waals surface area contributed by atoms with E-state index in [0.29, 0.717) is 17.5 Å². The maximum absolute atomic E-state index is 12.8. The van der Waals surface area contributed by atoms with Gasteiger partial charge in [-0.15, -0.1) is 0 Å². The van der Waals surface area contributed by atoms with E-state index < -0.39 is 10.0 Å². The SMILES string of the molecule is CCN(C1CC1)S(=O)(=O)c1cc(CNC2CC2)n(CC)c1. The summed E-state index contributed by atoms with van der Waals surface area (Å²) in [6.07, 6.45) is 6.27. The van der Waals surface area contributed by atoms with Crippen molar-refractivity contribution in [3.8, 4) is 0 Å². The lowest BCUT2D eigenvalue weighted by atomic mass is 10.4. The Bertz CT molecular complexity index is 600. The highest BCUT2D eigenvalue weighted by Gasteiger charge is 2.37. The molecule has 1 aromatic heterocycles. The molecule has 2 aliphatic rings. The van der Waals surface area contributed by atoms with E-state index in [2.05, 4.69) is 12.2 Å². The summed E-state index contributed by atoms with van der Waals surface area (Å²) in [6, 6.07) is 2.70. The Morgan fingerprint density at radius 3 is 2.52 bits per heavy atom. The van der Waals surface area contributed by atoms with Crippen molar-refractivity contribution in [2.24, 2.45) is 0 Å². The minimum atomic E-state index is -3.34. The highest BCUT2D eigenvalue weighted by atomic mass is 32.2. The number of rotatable bonds is 8. The first-order valence-electron chi connectivity index (χ1n) is 8.00. The van der Waals surface area contributed by atoms with Crippen molar-refractivity contribution in [2.75, 3.05) is 6.54 Å². The van der Waals surface area contributed by atoms with Gasteiger partial charge in [0.2, 0.25) is 10.0 Å². The van der Waals surface area contributed by atoms with Crippen LogP contribution < -0.4 is 5.32 Å². The molecular formula is C15H25N3O2S. The minimum Gasteiger partial charge on any atom is -0.349 e. The molecule has 6 heteroatoms. The lowest BCUT2D eigenvalue weighted by Gasteiger charge is -2.18. The molecule has 0 aliphatic heterocycles. The van der Waals surface area contributed by atoms with Crippen LogP contribution in [0.1, 0.15) is 45.2 Å². The highest BCUT2D eigenvalue weighted by molar-refractivity contribution is 7.89. The number of aromatic nitrogens is 1. The van der Waals surface area contributed by atoms with Gasteiger partial charge in [0.1, 0.15) is 4.90 Å². The van der Waals surface area contributed by atoms with Crippen molar-refractivity contribution in [3.63, 3.8) is 0 Å². The van der Waals surface area contributed by atoms with Crippen LogP contribution in [0.3, 0.4) is 0 Å². The number of hydrogen-bond donors (Lipinski definition) is 1. The zero-order valence-electron chi connectivity index (χ0n) is 12.9. The highest BCUT2D eigenvalue weighted by Crippen LogP contribution is 2.32. The molecule has 3 rings (SSSR count). The van der Waals surface area contributed by atoms with Gasteiger partial charge in [-0.2, -0.15) is 4.31 Å². The zero-order valence-corrected chi connectivity index (χ0v) is 13.7. The van der Waals surface area contributed by atoms with Crippen LogP contribution in [-0.4, -0.2) is 35.9 Å². The van der Waals surface area contributed by atoms with E-state index >= 15 is 0 Å². The van der Waals surface area contributed by atoms with Gasteiger partial charge in [0, 0.05) is 43.6 Å². The minimum absolute atomic E-state index is 0.220. The van der Waals surface area contributed by atoms with Gasteiger partial charge in [0.05, 0.1) is 0 Å². The van der Waals surface area contributed by atoms with Crippen molar-refractivity contribution in [2.45, 2.75) is 69.6 Å². The van der Waals surface area contributed by atoms with E-state index in [0.717, 1.165) is 31.6 Å². The van der Waals surface area contributed by atoms with Crippen LogP contribution in [0.15, 0.2) is 17.2 Å². The third-order valence-corrected chi connectivity index (χ3v) is 6.32. The van der Waals surface area contributed by atoms with E-state index in [4.69, 9.17) is 0 Å². The fourth-order valence-electron chi connectivity index (χ4n) is 2.77. The lowest BCUT2D eigenvalue weighted by molar-refractivity contribution is 0.421. The van der Waals surface area contributed by atoms with Crippen LogP contribution in [0.5, 0.6) is 0 Å². The third-order valence-electron chi connectivity index (χ3n) is 4.32. The summed E-state index contributed by atoms with van der Waals surface area (Å²) in [5.74, 6) is 0. The molecule has 0 radical (unpaired) electrons. The van der Waals surface area contributed by atoms with Crippen molar-refractivity contribution in [3.05, 3.63) is 18.0 Å². The average molecular weight is 311 g/mol. The van der Waals surface area contributed by atoms with Gasteiger partial charge in [0.15, 0.2) is 0 Å². The average Bonchev–Trinajstić information content (AvgIpc) is 3.37.